The lowest BCUT2D eigenvalue weighted by Gasteiger charge is -2.21. The Kier molecular flexibility index (Phi) is 4.70. The fourth-order valence-corrected chi connectivity index (χ4v) is 2.35. The zero-order valence-corrected chi connectivity index (χ0v) is 12.2. The van der Waals surface area contributed by atoms with Crippen molar-refractivity contribution in [3.8, 4) is 0 Å². The summed E-state index contributed by atoms with van der Waals surface area (Å²) in [6, 6.07) is 3.35. The van der Waals surface area contributed by atoms with E-state index in [9.17, 15) is 4.79 Å². The van der Waals surface area contributed by atoms with Crippen LogP contribution in [0.15, 0.2) is 36.9 Å². The summed E-state index contributed by atoms with van der Waals surface area (Å²) in [6.07, 6.45) is 9.91. The van der Waals surface area contributed by atoms with Crippen molar-refractivity contribution in [1.29, 1.82) is 0 Å². The van der Waals surface area contributed by atoms with E-state index in [4.69, 9.17) is 4.74 Å². The van der Waals surface area contributed by atoms with Crippen molar-refractivity contribution in [3.63, 3.8) is 0 Å². The maximum absolute atomic E-state index is 11.9. The molecule has 2 aromatic heterocycles. The van der Waals surface area contributed by atoms with Crippen molar-refractivity contribution in [2.45, 2.75) is 31.9 Å². The van der Waals surface area contributed by atoms with Crippen molar-refractivity contribution in [1.82, 2.24) is 20.3 Å². The maximum atomic E-state index is 11.9. The zero-order chi connectivity index (χ0) is 15.2. The van der Waals surface area contributed by atoms with Gasteiger partial charge in [-0.15, -0.1) is 0 Å². The van der Waals surface area contributed by atoms with Crippen LogP contribution in [0.3, 0.4) is 0 Å². The van der Waals surface area contributed by atoms with Crippen LogP contribution >= 0.6 is 0 Å². The number of nitrogens with one attached hydrogen (secondary N) is 1. The quantitative estimate of drug-likeness (QED) is 0.934. The Bertz CT molecular complexity index is 610. The van der Waals surface area contributed by atoms with Gasteiger partial charge in [-0.05, 0) is 31.4 Å². The van der Waals surface area contributed by atoms with Crippen molar-refractivity contribution in [2.24, 2.45) is 0 Å². The van der Waals surface area contributed by atoms with Gasteiger partial charge in [-0.1, -0.05) is 0 Å². The van der Waals surface area contributed by atoms with Crippen LogP contribution in [-0.4, -0.2) is 27.5 Å². The van der Waals surface area contributed by atoms with Gasteiger partial charge < -0.3 is 10.1 Å². The largest absolute Gasteiger partial charge is 0.370 e. The van der Waals surface area contributed by atoms with E-state index in [-0.39, 0.29) is 12.0 Å². The number of rotatable bonds is 4. The molecule has 1 aliphatic heterocycles. The van der Waals surface area contributed by atoms with E-state index in [1.54, 1.807) is 36.9 Å². The van der Waals surface area contributed by atoms with Crippen molar-refractivity contribution >= 4 is 5.91 Å². The van der Waals surface area contributed by atoms with E-state index in [0.29, 0.717) is 12.1 Å². The van der Waals surface area contributed by atoms with Gasteiger partial charge in [0.05, 0.1) is 0 Å². The SMILES string of the molecule is O=C(NCc1cnc([C@H]2CCCCO2)nc1)c1ccncc1. The molecular formula is C16H18N4O2. The second-order valence-electron chi connectivity index (χ2n) is 5.22. The molecule has 0 aromatic carbocycles. The summed E-state index contributed by atoms with van der Waals surface area (Å²) in [5, 5.41) is 2.84. The predicted molar refractivity (Wildman–Crippen MR) is 80.0 cm³/mol. The van der Waals surface area contributed by atoms with E-state index in [1.165, 1.54) is 0 Å². The van der Waals surface area contributed by atoms with Crippen LogP contribution < -0.4 is 5.32 Å². The highest BCUT2D eigenvalue weighted by Gasteiger charge is 2.18. The Hall–Kier alpha value is -2.34. The predicted octanol–water partition coefficient (Wildman–Crippen LogP) is 2.04. The number of hydrogen-bond donors (Lipinski definition) is 1. The number of aromatic nitrogens is 3. The number of amides is 1. The van der Waals surface area contributed by atoms with Gasteiger partial charge in [0, 0.05) is 49.1 Å². The Morgan fingerprint density at radius 2 is 2.00 bits per heavy atom. The molecule has 0 unspecified atom stereocenters. The molecular weight excluding hydrogens is 280 g/mol. The van der Waals surface area contributed by atoms with Gasteiger partial charge in [0.25, 0.3) is 5.91 Å². The third-order valence-corrected chi connectivity index (χ3v) is 3.59. The van der Waals surface area contributed by atoms with Gasteiger partial charge in [0.1, 0.15) is 6.10 Å². The van der Waals surface area contributed by atoms with Crippen LogP contribution in [-0.2, 0) is 11.3 Å². The molecule has 3 heterocycles. The Labute approximate surface area is 129 Å². The minimum Gasteiger partial charge on any atom is -0.370 e. The molecule has 1 fully saturated rings. The van der Waals surface area contributed by atoms with Crippen LogP contribution in [0.1, 0.15) is 47.1 Å². The second kappa shape index (κ2) is 7.09. The molecule has 6 nitrogen and oxygen atoms in total. The molecule has 0 saturated carbocycles. The summed E-state index contributed by atoms with van der Waals surface area (Å²) in [7, 11) is 0. The summed E-state index contributed by atoms with van der Waals surface area (Å²) in [6.45, 7) is 1.17. The summed E-state index contributed by atoms with van der Waals surface area (Å²) in [5.41, 5.74) is 1.45. The van der Waals surface area contributed by atoms with Gasteiger partial charge >= 0.3 is 0 Å². The van der Waals surface area contributed by atoms with Gasteiger partial charge in [0.2, 0.25) is 0 Å². The van der Waals surface area contributed by atoms with E-state index in [0.717, 1.165) is 37.3 Å². The number of hydrogen-bond acceptors (Lipinski definition) is 5. The molecule has 1 saturated heterocycles. The highest BCUT2D eigenvalue weighted by atomic mass is 16.5. The van der Waals surface area contributed by atoms with E-state index >= 15 is 0 Å². The lowest BCUT2D eigenvalue weighted by molar-refractivity contribution is 0.00940. The maximum Gasteiger partial charge on any atom is 0.251 e. The molecule has 114 valence electrons. The third kappa shape index (κ3) is 3.65. The Morgan fingerprint density at radius 1 is 1.23 bits per heavy atom. The Morgan fingerprint density at radius 3 is 2.68 bits per heavy atom. The number of nitrogens with zero attached hydrogens (tertiary/aromatic N) is 3. The molecule has 1 atom stereocenters. The lowest BCUT2D eigenvalue weighted by atomic mass is 10.1. The first-order valence-electron chi connectivity index (χ1n) is 7.43. The van der Waals surface area contributed by atoms with Crippen molar-refractivity contribution in [3.05, 3.63) is 53.9 Å². The van der Waals surface area contributed by atoms with Crippen molar-refractivity contribution in [2.75, 3.05) is 6.61 Å². The Balaban J connectivity index is 1.56. The van der Waals surface area contributed by atoms with Crippen LogP contribution in [0.2, 0.25) is 0 Å². The average molecular weight is 298 g/mol. The van der Waals surface area contributed by atoms with Gasteiger partial charge in [-0.3, -0.25) is 9.78 Å². The molecule has 22 heavy (non-hydrogen) atoms. The van der Waals surface area contributed by atoms with Gasteiger partial charge in [-0.25, -0.2) is 9.97 Å². The normalized spacial score (nSPS) is 17.9. The highest BCUT2D eigenvalue weighted by molar-refractivity contribution is 5.93. The van der Waals surface area contributed by atoms with E-state index in [2.05, 4.69) is 20.3 Å². The first kappa shape index (κ1) is 14.6. The molecule has 1 N–H and O–H groups in total. The molecule has 1 amide bonds. The smallest absolute Gasteiger partial charge is 0.251 e. The minimum absolute atomic E-state index is 0.00853. The highest BCUT2D eigenvalue weighted by Crippen LogP contribution is 2.24. The topological polar surface area (TPSA) is 77.0 Å². The van der Waals surface area contributed by atoms with Crippen LogP contribution in [0, 0.1) is 0 Å². The molecule has 1 aliphatic rings. The average Bonchev–Trinajstić information content (AvgIpc) is 2.61. The van der Waals surface area contributed by atoms with E-state index in [1.807, 2.05) is 0 Å². The second-order valence-corrected chi connectivity index (χ2v) is 5.22. The zero-order valence-electron chi connectivity index (χ0n) is 12.2. The molecule has 0 aliphatic carbocycles. The molecule has 6 heteroatoms. The first-order valence-corrected chi connectivity index (χ1v) is 7.43. The number of carbonyl (C=O) groups is 1. The standard InChI is InChI=1S/C16H18N4O2/c21-16(13-4-6-17-7-5-13)20-11-12-9-18-15(19-10-12)14-3-1-2-8-22-14/h4-7,9-10,14H,1-3,8,11H2,(H,20,21)/t14-/m1/s1. The summed E-state index contributed by atoms with van der Waals surface area (Å²) >= 11 is 0. The van der Waals surface area contributed by atoms with Crippen LogP contribution in [0.4, 0.5) is 0 Å². The van der Waals surface area contributed by atoms with Gasteiger partial charge in [0.15, 0.2) is 5.82 Å². The summed E-state index contributed by atoms with van der Waals surface area (Å²) in [5.74, 6) is 0.589. The number of carbonyl (C=O) groups excluding carboxylic acids is 1. The summed E-state index contributed by atoms with van der Waals surface area (Å²) < 4.78 is 5.66. The lowest BCUT2D eigenvalue weighted by Crippen LogP contribution is -2.23. The van der Waals surface area contributed by atoms with Gasteiger partial charge in [-0.2, -0.15) is 0 Å². The fraction of sp³-hybridized carbons (Fsp3) is 0.375. The monoisotopic (exact) mass is 298 g/mol. The number of pyridine rings is 1. The van der Waals surface area contributed by atoms with E-state index < -0.39 is 0 Å². The molecule has 3 rings (SSSR count). The third-order valence-electron chi connectivity index (χ3n) is 3.59. The van der Waals surface area contributed by atoms with Crippen LogP contribution in [0.25, 0.3) is 0 Å². The molecule has 2 aromatic rings. The van der Waals surface area contributed by atoms with Crippen LogP contribution in [0.5, 0.6) is 0 Å². The minimum atomic E-state index is -0.137. The van der Waals surface area contributed by atoms with Crippen molar-refractivity contribution < 1.29 is 9.53 Å². The summed E-state index contributed by atoms with van der Waals surface area (Å²) in [4.78, 5) is 24.5. The first-order chi connectivity index (χ1) is 10.8. The fourth-order valence-electron chi connectivity index (χ4n) is 2.35. The molecule has 0 bridgehead atoms. The molecule has 0 spiro atoms. The molecule has 0 radical (unpaired) electrons. The number of ether oxygens (including phenoxy) is 1.